The van der Waals surface area contributed by atoms with Crippen LogP contribution in [0.1, 0.15) is 36.8 Å². The summed E-state index contributed by atoms with van der Waals surface area (Å²) >= 11 is 0. The SMILES string of the molecule is Cc1ccc(S(=O)(=O)N2CCCCC2CCNC(=O)NCc2cccc3ccccc23)cc1. The number of fused-ring (bicyclic) bond motifs is 1. The van der Waals surface area contributed by atoms with Crippen molar-refractivity contribution in [1.29, 1.82) is 0 Å². The van der Waals surface area contributed by atoms with Crippen molar-refractivity contribution in [2.75, 3.05) is 13.1 Å². The van der Waals surface area contributed by atoms with E-state index >= 15 is 0 Å². The summed E-state index contributed by atoms with van der Waals surface area (Å²) in [6.45, 7) is 3.32. The Morgan fingerprint density at radius 2 is 1.73 bits per heavy atom. The number of carbonyl (C=O) groups is 1. The molecule has 6 nitrogen and oxygen atoms in total. The smallest absolute Gasteiger partial charge is 0.315 e. The molecule has 2 N–H and O–H groups in total. The Kier molecular flexibility index (Phi) is 7.30. The lowest BCUT2D eigenvalue weighted by Crippen LogP contribution is -2.45. The molecule has 4 rings (SSSR count). The van der Waals surface area contributed by atoms with E-state index < -0.39 is 10.0 Å². The number of amides is 2. The maximum absolute atomic E-state index is 13.2. The van der Waals surface area contributed by atoms with E-state index in [2.05, 4.69) is 28.8 Å². The van der Waals surface area contributed by atoms with Gasteiger partial charge < -0.3 is 10.6 Å². The van der Waals surface area contributed by atoms with Crippen molar-refractivity contribution < 1.29 is 13.2 Å². The van der Waals surface area contributed by atoms with Crippen molar-refractivity contribution in [2.24, 2.45) is 0 Å². The van der Waals surface area contributed by atoms with Gasteiger partial charge in [-0.15, -0.1) is 0 Å². The first-order valence-electron chi connectivity index (χ1n) is 11.5. The second-order valence-corrected chi connectivity index (χ2v) is 10.5. The number of urea groups is 1. The van der Waals surface area contributed by atoms with Crippen LogP contribution in [-0.2, 0) is 16.6 Å². The summed E-state index contributed by atoms with van der Waals surface area (Å²) < 4.78 is 28.0. The molecule has 1 aliphatic rings. The van der Waals surface area contributed by atoms with Crippen molar-refractivity contribution in [3.8, 4) is 0 Å². The zero-order chi connectivity index (χ0) is 23.3. The summed E-state index contributed by atoms with van der Waals surface area (Å²) in [5.74, 6) is 0. The Labute approximate surface area is 196 Å². The average molecular weight is 466 g/mol. The van der Waals surface area contributed by atoms with Gasteiger partial charge in [0, 0.05) is 25.7 Å². The molecule has 1 unspecified atom stereocenters. The van der Waals surface area contributed by atoms with Crippen LogP contribution in [0, 0.1) is 6.92 Å². The number of benzene rings is 3. The van der Waals surface area contributed by atoms with Crippen LogP contribution in [0.25, 0.3) is 10.8 Å². The van der Waals surface area contributed by atoms with Crippen LogP contribution < -0.4 is 10.6 Å². The highest BCUT2D eigenvalue weighted by Gasteiger charge is 2.33. The zero-order valence-corrected chi connectivity index (χ0v) is 19.8. The quantitative estimate of drug-likeness (QED) is 0.536. The predicted octanol–water partition coefficient (Wildman–Crippen LogP) is 4.58. The van der Waals surface area contributed by atoms with E-state index in [4.69, 9.17) is 0 Å². The van der Waals surface area contributed by atoms with Crippen molar-refractivity contribution in [1.82, 2.24) is 14.9 Å². The lowest BCUT2D eigenvalue weighted by Gasteiger charge is -2.34. The fraction of sp³-hybridized carbons (Fsp3) is 0.346. The van der Waals surface area contributed by atoms with Crippen LogP contribution in [0.5, 0.6) is 0 Å². The Morgan fingerprint density at radius 1 is 0.970 bits per heavy atom. The van der Waals surface area contributed by atoms with Gasteiger partial charge in [-0.2, -0.15) is 4.31 Å². The van der Waals surface area contributed by atoms with E-state index in [1.807, 2.05) is 43.3 Å². The number of hydrogen-bond donors (Lipinski definition) is 2. The number of nitrogens with zero attached hydrogens (tertiary/aromatic N) is 1. The van der Waals surface area contributed by atoms with Gasteiger partial charge in [0.15, 0.2) is 0 Å². The number of piperidine rings is 1. The number of nitrogens with one attached hydrogen (secondary N) is 2. The molecule has 174 valence electrons. The van der Waals surface area contributed by atoms with E-state index in [1.54, 1.807) is 16.4 Å². The Bertz CT molecular complexity index is 1200. The first kappa shape index (κ1) is 23.3. The summed E-state index contributed by atoms with van der Waals surface area (Å²) in [7, 11) is -3.54. The van der Waals surface area contributed by atoms with Crippen molar-refractivity contribution in [3.05, 3.63) is 77.9 Å². The van der Waals surface area contributed by atoms with Gasteiger partial charge in [-0.25, -0.2) is 13.2 Å². The van der Waals surface area contributed by atoms with E-state index in [-0.39, 0.29) is 12.1 Å². The van der Waals surface area contributed by atoms with Gasteiger partial charge in [-0.1, -0.05) is 66.6 Å². The first-order chi connectivity index (χ1) is 15.9. The molecule has 1 saturated heterocycles. The third-order valence-corrected chi connectivity index (χ3v) is 8.25. The first-order valence-corrected chi connectivity index (χ1v) is 13.0. The number of hydrogen-bond acceptors (Lipinski definition) is 3. The third-order valence-electron chi connectivity index (χ3n) is 6.28. The maximum Gasteiger partial charge on any atom is 0.315 e. The molecule has 33 heavy (non-hydrogen) atoms. The molecule has 0 aromatic heterocycles. The molecule has 0 bridgehead atoms. The monoisotopic (exact) mass is 465 g/mol. The van der Waals surface area contributed by atoms with Crippen molar-refractivity contribution in [2.45, 2.75) is 50.1 Å². The van der Waals surface area contributed by atoms with Crippen molar-refractivity contribution >= 4 is 26.8 Å². The van der Waals surface area contributed by atoms with Gasteiger partial charge in [0.1, 0.15) is 0 Å². The highest BCUT2D eigenvalue weighted by Crippen LogP contribution is 2.27. The fourth-order valence-electron chi connectivity index (χ4n) is 4.46. The van der Waals surface area contributed by atoms with Crippen LogP contribution in [-0.4, -0.2) is 37.9 Å². The van der Waals surface area contributed by atoms with Gasteiger partial charge in [0.2, 0.25) is 10.0 Å². The standard InChI is InChI=1S/C26H31N3O3S/c1-20-12-14-24(15-13-20)33(31,32)29-18-5-4-10-23(29)16-17-27-26(30)28-19-22-9-6-8-21-7-2-3-11-25(21)22/h2-3,6-9,11-15,23H,4-5,10,16-19H2,1H3,(H2,27,28,30). The third kappa shape index (κ3) is 5.54. The summed E-state index contributed by atoms with van der Waals surface area (Å²) in [5, 5.41) is 8.08. The molecule has 0 spiro atoms. The molecule has 0 saturated carbocycles. The van der Waals surface area contributed by atoms with E-state index in [9.17, 15) is 13.2 Å². The molecule has 1 aliphatic heterocycles. The topological polar surface area (TPSA) is 78.5 Å². The minimum absolute atomic E-state index is 0.108. The minimum Gasteiger partial charge on any atom is -0.338 e. The zero-order valence-electron chi connectivity index (χ0n) is 19.0. The van der Waals surface area contributed by atoms with Gasteiger partial charge in [0.05, 0.1) is 4.90 Å². The second-order valence-electron chi connectivity index (χ2n) is 8.61. The highest BCUT2D eigenvalue weighted by atomic mass is 32.2. The Balaban J connectivity index is 1.32. The molecule has 2 amide bonds. The molecule has 1 atom stereocenters. The predicted molar refractivity (Wildman–Crippen MR) is 132 cm³/mol. The normalized spacial score (nSPS) is 17.1. The fourth-order valence-corrected chi connectivity index (χ4v) is 6.19. The van der Waals surface area contributed by atoms with Gasteiger partial charge in [-0.05, 0) is 54.7 Å². The molecule has 3 aromatic carbocycles. The summed E-state index contributed by atoms with van der Waals surface area (Å²) in [5.41, 5.74) is 2.09. The lowest BCUT2D eigenvalue weighted by molar-refractivity contribution is 0.228. The highest BCUT2D eigenvalue weighted by molar-refractivity contribution is 7.89. The minimum atomic E-state index is -3.54. The van der Waals surface area contributed by atoms with Crippen LogP contribution in [0.3, 0.4) is 0 Å². The van der Waals surface area contributed by atoms with Crippen LogP contribution in [0.15, 0.2) is 71.6 Å². The van der Waals surface area contributed by atoms with Crippen LogP contribution >= 0.6 is 0 Å². The van der Waals surface area contributed by atoms with Gasteiger partial charge >= 0.3 is 6.03 Å². The Morgan fingerprint density at radius 3 is 2.55 bits per heavy atom. The molecule has 7 heteroatoms. The van der Waals surface area contributed by atoms with E-state index in [1.165, 1.54) is 0 Å². The molecule has 3 aromatic rings. The number of carbonyl (C=O) groups excluding carboxylic acids is 1. The van der Waals surface area contributed by atoms with Crippen LogP contribution in [0.4, 0.5) is 4.79 Å². The second kappa shape index (κ2) is 10.4. The van der Waals surface area contributed by atoms with Crippen molar-refractivity contribution in [3.63, 3.8) is 0 Å². The number of sulfonamides is 1. The molecule has 0 aliphatic carbocycles. The maximum atomic E-state index is 13.2. The molecule has 1 fully saturated rings. The van der Waals surface area contributed by atoms with E-state index in [0.29, 0.717) is 31.0 Å². The summed E-state index contributed by atoms with van der Waals surface area (Å²) in [4.78, 5) is 12.7. The van der Waals surface area contributed by atoms with Gasteiger partial charge in [-0.3, -0.25) is 0 Å². The number of rotatable bonds is 7. The molecule has 0 radical (unpaired) electrons. The lowest BCUT2D eigenvalue weighted by atomic mass is 10.0. The Hall–Kier alpha value is -2.90. The van der Waals surface area contributed by atoms with Gasteiger partial charge in [0.25, 0.3) is 0 Å². The van der Waals surface area contributed by atoms with E-state index in [0.717, 1.165) is 41.2 Å². The largest absolute Gasteiger partial charge is 0.338 e. The van der Waals surface area contributed by atoms with Crippen LogP contribution in [0.2, 0.25) is 0 Å². The number of aryl methyl sites for hydroxylation is 1. The molecular weight excluding hydrogens is 434 g/mol. The summed E-state index contributed by atoms with van der Waals surface area (Å²) in [6, 6.07) is 20.8. The molecular formula is C26H31N3O3S. The molecule has 1 heterocycles. The average Bonchev–Trinajstić information content (AvgIpc) is 2.83. The summed E-state index contributed by atoms with van der Waals surface area (Å²) in [6.07, 6.45) is 3.26.